The van der Waals surface area contributed by atoms with E-state index in [1.165, 1.54) is 6.92 Å². The Bertz CT molecular complexity index is 196. The number of carboxylic acids is 2. The number of nitrogens with two attached hydrogens (primary N) is 1. The van der Waals surface area contributed by atoms with Gasteiger partial charge in [0.25, 0.3) is 0 Å². The van der Waals surface area contributed by atoms with Crippen molar-refractivity contribution in [2.24, 2.45) is 5.73 Å². The second-order valence-corrected chi connectivity index (χ2v) is 1.77. The van der Waals surface area contributed by atoms with Gasteiger partial charge in [0.2, 0.25) is 0 Å². The SMILES string of the molecule is CC#N.NC(CC(=O)O)C(=O)O. The van der Waals surface area contributed by atoms with Crippen molar-refractivity contribution in [2.45, 2.75) is 19.4 Å². The number of nitrogens with zero attached hydrogens (tertiary/aromatic N) is 1. The minimum absolute atomic E-state index is 0.532. The lowest BCUT2D eigenvalue weighted by Crippen LogP contribution is -2.32. The van der Waals surface area contributed by atoms with Gasteiger partial charge in [-0.3, -0.25) is 9.59 Å². The molecule has 0 fully saturated rings. The zero-order valence-corrected chi connectivity index (χ0v) is 6.52. The van der Waals surface area contributed by atoms with Gasteiger partial charge in [-0.05, 0) is 0 Å². The summed E-state index contributed by atoms with van der Waals surface area (Å²) in [5, 5.41) is 23.4. The maximum atomic E-state index is 9.85. The highest BCUT2D eigenvalue weighted by atomic mass is 16.4. The van der Waals surface area contributed by atoms with Crippen LogP contribution in [0.25, 0.3) is 0 Å². The van der Waals surface area contributed by atoms with Gasteiger partial charge in [-0.1, -0.05) is 0 Å². The van der Waals surface area contributed by atoms with E-state index in [0.717, 1.165) is 0 Å². The van der Waals surface area contributed by atoms with Gasteiger partial charge in [0, 0.05) is 6.92 Å². The molecule has 0 saturated heterocycles. The Hall–Kier alpha value is -1.61. The molecule has 0 aromatic rings. The lowest BCUT2D eigenvalue weighted by molar-refractivity contribution is -0.144. The summed E-state index contributed by atoms with van der Waals surface area (Å²) in [6, 6.07) is 0.461. The third kappa shape index (κ3) is 11.2. The second-order valence-electron chi connectivity index (χ2n) is 1.77. The number of carbonyl (C=O) groups is 2. The molecule has 1 unspecified atom stereocenters. The molecule has 4 N–H and O–H groups in total. The Labute approximate surface area is 69.2 Å². The number of aliphatic carboxylic acids is 2. The molecule has 0 aromatic heterocycles. The maximum Gasteiger partial charge on any atom is 0.321 e. The van der Waals surface area contributed by atoms with E-state index in [2.05, 4.69) is 0 Å². The first-order valence-electron chi connectivity index (χ1n) is 2.96. The molecule has 68 valence electrons. The van der Waals surface area contributed by atoms with E-state index in [1.54, 1.807) is 6.07 Å². The van der Waals surface area contributed by atoms with E-state index >= 15 is 0 Å². The summed E-state index contributed by atoms with van der Waals surface area (Å²) in [6.07, 6.45) is -0.532. The first-order chi connectivity index (χ1) is 5.45. The largest absolute Gasteiger partial charge is 0.481 e. The van der Waals surface area contributed by atoms with Crippen LogP contribution in [0.5, 0.6) is 0 Å². The van der Waals surface area contributed by atoms with E-state index < -0.39 is 24.4 Å². The quantitative estimate of drug-likeness (QED) is 0.524. The first-order valence-corrected chi connectivity index (χ1v) is 2.96. The molecule has 12 heavy (non-hydrogen) atoms. The predicted molar refractivity (Wildman–Crippen MR) is 39.2 cm³/mol. The zero-order valence-electron chi connectivity index (χ0n) is 6.52. The predicted octanol–water partition coefficient (Wildman–Crippen LogP) is -0.597. The van der Waals surface area contributed by atoms with Crippen LogP contribution in [-0.2, 0) is 9.59 Å². The summed E-state index contributed by atoms with van der Waals surface area (Å²) in [5.74, 6) is -2.50. The number of carboxylic acid groups (broad SMARTS) is 2. The van der Waals surface area contributed by atoms with Gasteiger partial charge in [-0.2, -0.15) is 5.26 Å². The van der Waals surface area contributed by atoms with E-state index in [9.17, 15) is 9.59 Å². The van der Waals surface area contributed by atoms with Gasteiger partial charge in [-0.25, -0.2) is 0 Å². The molecule has 0 aliphatic carbocycles. The first kappa shape index (κ1) is 13.0. The number of rotatable bonds is 3. The van der Waals surface area contributed by atoms with Gasteiger partial charge in [0.1, 0.15) is 6.04 Å². The topological polar surface area (TPSA) is 124 Å². The summed E-state index contributed by atoms with van der Waals surface area (Å²) in [7, 11) is 0. The molecule has 0 heterocycles. The van der Waals surface area contributed by atoms with E-state index in [4.69, 9.17) is 21.2 Å². The van der Waals surface area contributed by atoms with Crippen LogP contribution >= 0.6 is 0 Å². The number of nitriles is 1. The molecule has 0 saturated carbocycles. The fourth-order valence-corrected chi connectivity index (χ4v) is 0.275. The van der Waals surface area contributed by atoms with Gasteiger partial charge in [0.15, 0.2) is 0 Å². The molecule has 0 aliphatic rings. The normalized spacial score (nSPS) is 10.1. The van der Waals surface area contributed by atoms with Crippen LogP contribution in [0.4, 0.5) is 0 Å². The molecule has 1 atom stereocenters. The molecule has 0 radical (unpaired) electrons. The van der Waals surface area contributed by atoms with Crippen molar-refractivity contribution < 1.29 is 19.8 Å². The van der Waals surface area contributed by atoms with Gasteiger partial charge < -0.3 is 15.9 Å². The highest BCUT2D eigenvalue weighted by Gasteiger charge is 2.14. The van der Waals surface area contributed by atoms with Gasteiger partial charge in [-0.15, -0.1) is 0 Å². The second kappa shape index (κ2) is 7.50. The third-order valence-electron chi connectivity index (χ3n) is 0.712. The molecule has 0 aromatic carbocycles. The summed E-state index contributed by atoms with van der Waals surface area (Å²) in [4.78, 5) is 19.6. The lowest BCUT2D eigenvalue weighted by Gasteiger charge is -1.99. The Morgan fingerprint density at radius 3 is 2.00 bits per heavy atom. The summed E-state index contributed by atoms with van der Waals surface area (Å²) < 4.78 is 0. The fourth-order valence-electron chi connectivity index (χ4n) is 0.275. The molecule has 0 amide bonds. The van der Waals surface area contributed by atoms with Crippen molar-refractivity contribution in [3.05, 3.63) is 0 Å². The number of hydrogen-bond donors (Lipinski definition) is 3. The van der Waals surface area contributed by atoms with E-state index in [0.29, 0.717) is 0 Å². The van der Waals surface area contributed by atoms with Crippen molar-refractivity contribution in [2.75, 3.05) is 0 Å². The average Bonchev–Trinajstić information content (AvgIpc) is 1.87. The van der Waals surface area contributed by atoms with Crippen LogP contribution in [-0.4, -0.2) is 28.2 Å². The molecule has 6 heteroatoms. The van der Waals surface area contributed by atoms with Crippen molar-refractivity contribution in [1.29, 1.82) is 5.26 Å². The molecule has 0 bridgehead atoms. The molecule has 6 nitrogen and oxygen atoms in total. The Balaban J connectivity index is 0. The fraction of sp³-hybridized carbons (Fsp3) is 0.500. The van der Waals surface area contributed by atoms with Crippen molar-refractivity contribution in [3.63, 3.8) is 0 Å². The minimum Gasteiger partial charge on any atom is -0.481 e. The van der Waals surface area contributed by atoms with Crippen molar-refractivity contribution >= 4 is 11.9 Å². The standard InChI is InChI=1S/C4H7NO4.C2H3N/c5-2(4(8)9)1-3(6)7;1-2-3/h2H,1,5H2,(H,6,7)(H,8,9);1H3. The molecular weight excluding hydrogens is 164 g/mol. The van der Waals surface area contributed by atoms with Crippen LogP contribution in [0.3, 0.4) is 0 Å². The van der Waals surface area contributed by atoms with Gasteiger partial charge >= 0.3 is 11.9 Å². The highest BCUT2D eigenvalue weighted by Crippen LogP contribution is 1.86. The Kier molecular flexibility index (Phi) is 8.13. The molecular formula is C6H10N2O4. The molecule has 0 spiro atoms. The Morgan fingerprint density at radius 1 is 1.58 bits per heavy atom. The molecule has 0 rings (SSSR count). The smallest absolute Gasteiger partial charge is 0.321 e. The summed E-state index contributed by atoms with van der Waals surface area (Å²) in [5.41, 5.74) is 4.84. The highest BCUT2D eigenvalue weighted by molar-refractivity contribution is 5.80. The molecule has 0 aliphatic heterocycles. The van der Waals surface area contributed by atoms with Crippen molar-refractivity contribution in [1.82, 2.24) is 0 Å². The van der Waals surface area contributed by atoms with Crippen molar-refractivity contribution in [3.8, 4) is 6.07 Å². The number of hydrogen-bond acceptors (Lipinski definition) is 4. The third-order valence-corrected chi connectivity index (χ3v) is 0.712. The van der Waals surface area contributed by atoms with E-state index in [1.807, 2.05) is 0 Å². The summed E-state index contributed by atoms with van der Waals surface area (Å²) in [6.45, 7) is 1.43. The lowest BCUT2D eigenvalue weighted by atomic mass is 10.2. The zero-order chi connectivity index (χ0) is 10.1. The van der Waals surface area contributed by atoms with Crippen LogP contribution in [0.2, 0.25) is 0 Å². The van der Waals surface area contributed by atoms with E-state index in [-0.39, 0.29) is 0 Å². The van der Waals surface area contributed by atoms with Crippen LogP contribution in [0, 0.1) is 11.3 Å². The minimum atomic E-state index is -1.29. The average molecular weight is 174 g/mol. The summed E-state index contributed by atoms with van der Waals surface area (Å²) >= 11 is 0. The Morgan fingerprint density at radius 2 is 1.92 bits per heavy atom. The monoisotopic (exact) mass is 174 g/mol. The van der Waals surface area contributed by atoms with Crippen LogP contribution < -0.4 is 5.73 Å². The van der Waals surface area contributed by atoms with Gasteiger partial charge in [0.05, 0.1) is 12.5 Å². The van der Waals surface area contributed by atoms with Crippen LogP contribution in [0.15, 0.2) is 0 Å². The maximum absolute atomic E-state index is 9.85. The van der Waals surface area contributed by atoms with Crippen LogP contribution in [0.1, 0.15) is 13.3 Å².